The number of aliphatic imine (C=N–C) groups is 1. The highest BCUT2D eigenvalue weighted by molar-refractivity contribution is 6.04. The van der Waals surface area contributed by atoms with E-state index in [2.05, 4.69) is 208 Å². The zero-order valence-corrected chi connectivity index (χ0v) is 32.8. The van der Waals surface area contributed by atoms with Gasteiger partial charge in [0.1, 0.15) is 0 Å². The van der Waals surface area contributed by atoms with Gasteiger partial charge in [0.15, 0.2) is 0 Å². The molecule has 1 aromatic heterocycles. The fourth-order valence-electron chi connectivity index (χ4n) is 8.30. The Bertz CT molecular complexity index is 2800. The summed E-state index contributed by atoms with van der Waals surface area (Å²) in [5.41, 5.74) is 16.1. The lowest BCUT2D eigenvalue weighted by Gasteiger charge is -2.21. The van der Waals surface area contributed by atoms with E-state index in [-0.39, 0.29) is 6.04 Å². The van der Waals surface area contributed by atoms with Crippen molar-refractivity contribution in [3.8, 4) is 66.9 Å². The minimum Gasteiger partial charge on any atom is -0.285 e. The summed E-state index contributed by atoms with van der Waals surface area (Å²) >= 11 is 0. The third kappa shape index (κ3) is 7.65. The second kappa shape index (κ2) is 16.5. The van der Waals surface area contributed by atoms with E-state index in [1.165, 1.54) is 55.3 Å². The Morgan fingerprint density at radius 1 is 0.431 bits per heavy atom. The maximum atomic E-state index is 4.93. The lowest BCUT2D eigenvalue weighted by molar-refractivity contribution is 0.566. The van der Waals surface area contributed by atoms with Crippen LogP contribution in [0.4, 0.5) is 0 Å². The third-order valence-electron chi connectivity index (χ3n) is 11.2. The standard InChI is InChI=1S/C56H44N2/c1-39-17-16-32-58-56(39)47-26-14-25-46(35-47)55-40(2)33-43(50-37-48(41-18-5-3-6-19-41)36-49(38-50)42-20-7-4-8-21-42)22-15-29-51(52-27-9-10-28-53(52)55)44-23-13-24-45(34-44)54-30-11-12-31-57-54/h3-39,56H,1-2H3. The fourth-order valence-corrected chi connectivity index (χ4v) is 8.30. The van der Waals surface area contributed by atoms with Gasteiger partial charge in [0, 0.05) is 23.9 Å². The number of nitrogens with zero attached hydrogens (tertiary/aromatic N) is 2. The van der Waals surface area contributed by atoms with Crippen molar-refractivity contribution in [3.05, 3.63) is 224 Å². The van der Waals surface area contributed by atoms with Crippen LogP contribution in [0.25, 0.3) is 77.7 Å². The van der Waals surface area contributed by atoms with E-state index in [9.17, 15) is 0 Å². The lowest BCUT2D eigenvalue weighted by atomic mass is 9.88. The number of fused-ring (bicyclic) bond motifs is 1. The van der Waals surface area contributed by atoms with Crippen LogP contribution in [0.2, 0.25) is 0 Å². The number of allylic oxidation sites excluding steroid dienone is 1. The predicted molar refractivity (Wildman–Crippen MR) is 246 cm³/mol. The van der Waals surface area contributed by atoms with E-state index in [1.807, 2.05) is 24.5 Å². The molecule has 1 aliphatic rings. The highest BCUT2D eigenvalue weighted by atomic mass is 14.8. The molecule has 58 heavy (non-hydrogen) atoms. The maximum absolute atomic E-state index is 4.93. The van der Waals surface area contributed by atoms with Crippen molar-refractivity contribution in [2.24, 2.45) is 10.9 Å². The van der Waals surface area contributed by atoms with Gasteiger partial charge in [-0.05, 0) is 133 Å². The Hall–Kier alpha value is -7.16. The van der Waals surface area contributed by atoms with Gasteiger partial charge in [0.2, 0.25) is 0 Å². The average molecular weight is 745 g/mol. The van der Waals surface area contributed by atoms with Crippen molar-refractivity contribution in [2.75, 3.05) is 0 Å². The summed E-state index contributed by atoms with van der Waals surface area (Å²) in [6.45, 7) is 4.51. The third-order valence-corrected chi connectivity index (χ3v) is 11.2. The fraction of sp³-hybridized carbons (Fsp3) is 0.0714. The van der Waals surface area contributed by atoms with Crippen molar-refractivity contribution in [1.82, 2.24) is 4.98 Å². The van der Waals surface area contributed by atoms with Gasteiger partial charge in [0.05, 0.1) is 11.7 Å². The average Bonchev–Trinajstić information content (AvgIpc) is 3.29. The molecule has 9 rings (SSSR count). The van der Waals surface area contributed by atoms with E-state index < -0.39 is 0 Å². The molecule has 278 valence electrons. The van der Waals surface area contributed by atoms with E-state index in [0.717, 1.165) is 33.5 Å². The summed E-state index contributed by atoms with van der Waals surface area (Å²) < 4.78 is 0. The number of aromatic nitrogens is 1. The minimum absolute atomic E-state index is 0.0663. The quantitative estimate of drug-likeness (QED) is 0.160. The molecule has 0 bridgehead atoms. The number of rotatable bonds is 7. The second-order valence-electron chi connectivity index (χ2n) is 15.1. The second-order valence-corrected chi connectivity index (χ2v) is 15.1. The van der Waals surface area contributed by atoms with Crippen molar-refractivity contribution < 1.29 is 0 Å². The molecule has 2 heteroatoms. The normalized spacial score (nSPS) is 14.6. The SMILES string of the molecule is Cc1cc(-c2cc(-c3ccccc3)cc(-c3ccccc3)c2)cccc(-c2cccc(-c3ccccn3)c2)c2ccccc2c1-c1cccc(C2N=CC=CC2C)c1. The monoisotopic (exact) mass is 744 g/mol. The zero-order chi connectivity index (χ0) is 39.3. The van der Waals surface area contributed by atoms with Crippen LogP contribution in [0.15, 0.2) is 217 Å². The highest BCUT2D eigenvalue weighted by Gasteiger charge is 2.19. The molecule has 1 aliphatic heterocycles. The van der Waals surface area contributed by atoms with Gasteiger partial charge in [-0.2, -0.15) is 0 Å². The first kappa shape index (κ1) is 36.5. The maximum Gasteiger partial charge on any atom is 0.0809 e. The van der Waals surface area contributed by atoms with Crippen LogP contribution < -0.4 is 0 Å². The van der Waals surface area contributed by atoms with Crippen LogP contribution in [0.5, 0.6) is 0 Å². The molecule has 7 aromatic carbocycles. The Morgan fingerprint density at radius 2 is 1.00 bits per heavy atom. The number of benzene rings is 6. The predicted octanol–water partition coefficient (Wildman–Crippen LogP) is 15.0. The summed E-state index contributed by atoms with van der Waals surface area (Å²) in [4.78, 5) is 9.62. The molecule has 0 fully saturated rings. The number of hydrogen-bond acceptors (Lipinski definition) is 2. The Balaban J connectivity index is 1.34. The molecular weight excluding hydrogens is 701 g/mol. The van der Waals surface area contributed by atoms with E-state index in [0.29, 0.717) is 5.92 Å². The van der Waals surface area contributed by atoms with Crippen LogP contribution in [0.3, 0.4) is 0 Å². The number of dihydropyridines is 1. The molecule has 0 saturated heterocycles. The molecule has 0 N–H and O–H groups in total. The Labute approximate surface area is 341 Å². The van der Waals surface area contributed by atoms with Crippen molar-refractivity contribution in [2.45, 2.75) is 19.9 Å². The van der Waals surface area contributed by atoms with Gasteiger partial charge in [-0.25, -0.2) is 0 Å². The molecule has 0 aliphatic carbocycles. The smallest absolute Gasteiger partial charge is 0.0809 e. The zero-order valence-electron chi connectivity index (χ0n) is 32.8. The highest BCUT2D eigenvalue weighted by Crippen LogP contribution is 2.40. The number of aryl methyl sites for hydroxylation is 1. The Kier molecular flexibility index (Phi) is 10.4. The number of pyridine rings is 1. The molecule has 2 atom stereocenters. The Morgan fingerprint density at radius 3 is 1.71 bits per heavy atom. The molecule has 0 spiro atoms. The first-order valence-electron chi connectivity index (χ1n) is 20.1. The summed E-state index contributed by atoms with van der Waals surface area (Å²) in [6.07, 6.45) is 8.10. The van der Waals surface area contributed by atoms with Crippen LogP contribution in [-0.2, 0) is 0 Å². The first-order valence-corrected chi connectivity index (χ1v) is 20.1. The minimum atomic E-state index is 0.0663. The van der Waals surface area contributed by atoms with Gasteiger partial charge < -0.3 is 0 Å². The van der Waals surface area contributed by atoms with Gasteiger partial charge >= 0.3 is 0 Å². The topological polar surface area (TPSA) is 25.2 Å². The largest absolute Gasteiger partial charge is 0.285 e. The number of hydrogen-bond donors (Lipinski definition) is 0. The van der Waals surface area contributed by atoms with Gasteiger partial charge in [-0.15, -0.1) is 0 Å². The molecular formula is C56H44N2. The van der Waals surface area contributed by atoms with E-state index in [4.69, 9.17) is 9.98 Å². The first-order chi connectivity index (χ1) is 28.6. The van der Waals surface area contributed by atoms with Gasteiger partial charge in [-0.1, -0.05) is 165 Å². The summed E-state index contributed by atoms with van der Waals surface area (Å²) in [6, 6.07) is 70.3. The molecule has 8 aromatic rings. The van der Waals surface area contributed by atoms with E-state index >= 15 is 0 Å². The van der Waals surface area contributed by atoms with Crippen LogP contribution >= 0.6 is 0 Å². The van der Waals surface area contributed by atoms with Crippen molar-refractivity contribution in [1.29, 1.82) is 0 Å². The van der Waals surface area contributed by atoms with Crippen LogP contribution in [0, 0.1) is 12.8 Å². The van der Waals surface area contributed by atoms with E-state index in [1.54, 1.807) is 0 Å². The summed E-state index contributed by atoms with van der Waals surface area (Å²) in [5, 5.41) is 2.35. The van der Waals surface area contributed by atoms with Crippen LogP contribution in [0.1, 0.15) is 24.1 Å². The molecule has 2 nitrogen and oxygen atoms in total. The summed E-state index contributed by atoms with van der Waals surface area (Å²) in [5.74, 6) is 0.305. The van der Waals surface area contributed by atoms with Crippen molar-refractivity contribution in [3.63, 3.8) is 0 Å². The molecule has 0 radical (unpaired) electrons. The van der Waals surface area contributed by atoms with Gasteiger partial charge in [-0.3, -0.25) is 9.98 Å². The molecule has 2 unspecified atom stereocenters. The summed E-state index contributed by atoms with van der Waals surface area (Å²) in [7, 11) is 0. The molecule has 0 amide bonds. The van der Waals surface area contributed by atoms with Gasteiger partial charge in [0.25, 0.3) is 0 Å². The van der Waals surface area contributed by atoms with Crippen molar-refractivity contribution >= 4 is 17.0 Å². The lowest BCUT2D eigenvalue weighted by Crippen LogP contribution is -2.08. The van der Waals surface area contributed by atoms with Crippen LogP contribution in [-0.4, -0.2) is 11.2 Å². The molecule has 0 saturated carbocycles. The molecule has 2 heterocycles.